The van der Waals surface area contributed by atoms with Gasteiger partial charge in [0.25, 0.3) is 0 Å². The zero-order valence-corrected chi connectivity index (χ0v) is 11.5. The molecule has 100 valence electrons. The maximum atomic E-state index is 5.14. The molecule has 0 aromatic rings. The maximum absolute atomic E-state index is 5.14. The van der Waals surface area contributed by atoms with Crippen LogP contribution in [0, 0.1) is 0 Å². The molecule has 0 aliphatic carbocycles. The molecule has 0 amide bonds. The van der Waals surface area contributed by atoms with Crippen LogP contribution in [0.3, 0.4) is 0 Å². The van der Waals surface area contributed by atoms with Crippen molar-refractivity contribution in [3.05, 3.63) is 0 Å². The molecular formula is C13H27N3O. The Hall–Kier alpha value is -0.160. The van der Waals surface area contributed by atoms with Crippen molar-refractivity contribution in [3.8, 4) is 0 Å². The summed E-state index contributed by atoms with van der Waals surface area (Å²) in [5.41, 5.74) is 0.286. The van der Waals surface area contributed by atoms with E-state index in [0.717, 1.165) is 13.2 Å². The minimum Gasteiger partial charge on any atom is -0.383 e. The number of hydrogen-bond acceptors (Lipinski definition) is 4. The van der Waals surface area contributed by atoms with Crippen LogP contribution in [-0.2, 0) is 4.74 Å². The van der Waals surface area contributed by atoms with Crippen molar-refractivity contribution in [1.82, 2.24) is 15.1 Å². The Labute approximate surface area is 105 Å². The molecule has 2 aliphatic heterocycles. The molecule has 2 fully saturated rings. The van der Waals surface area contributed by atoms with E-state index in [1.54, 1.807) is 7.11 Å². The van der Waals surface area contributed by atoms with Crippen molar-refractivity contribution in [3.63, 3.8) is 0 Å². The van der Waals surface area contributed by atoms with E-state index in [4.69, 9.17) is 4.74 Å². The van der Waals surface area contributed by atoms with E-state index in [0.29, 0.717) is 6.04 Å². The number of nitrogens with zero attached hydrogens (tertiary/aromatic N) is 2. The lowest BCUT2D eigenvalue weighted by atomic mass is 9.95. The quantitative estimate of drug-likeness (QED) is 0.771. The number of ether oxygens (including phenoxy) is 1. The van der Waals surface area contributed by atoms with E-state index in [2.05, 4.69) is 29.0 Å². The third-order valence-electron chi connectivity index (χ3n) is 4.29. The molecule has 1 atom stereocenters. The summed E-state index contributed by atoms with van der Waals surface area (Å²) < 4.78 is 5.14. The lowest BCUT2D eigenvalue weighted by Crippen LogP contribution is -2.57. The van der Waals surface area contributed by atoms with Crippen molar-refractivity contribution < 1.29 is 4.74 Å². The van der Waals surface area contributed by atoms with Crippen LogP contribution in [0.2, 0.25) is 0 Å². The molecule has 0 aromatic heterocycles. The lowest BCUT2D eigenvalue weighted by Gasteiger charge is -2.42. The lowest BCUT2D eigenvalue weighted by molar-refractivity contribution is 0.0591. The average molecular weight is 241 g/mol. The molecule has 1 N–H and O–H groups in total. The van der Waals surface area contributed by atoms with Crippen molar-refractivity contribution in [2.45, 2.75) is 31.8 Å². The Morgan fingerprint density at radius 2 is 1.94 bits per heavy atom. The number of rotatable bonds is 4. The van der Waals surface area contributed by atoms with Crippen LogP contribution in [0.4, 0.5) is 0 Å². The molecule has 0 radical (unpaired) electrons. The smallest absolute Gasteiger partial charge is 0.0589 e. The summed E-state index contributed by atoms with van der Waals surface area (Å²) in [6.07, 6.45) is 1.30. The molecule has 17 heavy (non-hydrogen) atoms. The van der Waals surface area contributed by atoms with E-state index < -0.39 is 0 Å². The number of nitrogens with one attached hydrogen (secondary N) is 1. The van der Waals surface area contributed by atoms with Crippen molar-refractivity contribution in [1.29, 1.82) is 0 Å². The molecule has 2 saturated heterocycles. The van der Waals surface area contributed by atoms with Crippen LogP contribution in [0.1, 0.15) is 20.3 Å². The Kier molecular flexibility index (Phi) is 4.42. The molecule has 4 nitrogen and oxygen atoms in total. The fourth-order valence-corrected chi connectivity index (χ4v) is 3.17. The van der Waals surface area contributed by atoms with Crippen molar-refractivity contribution >= 4 is 0 Å². The highest BCUT2D eigenvalue weighted by atomic mass is 16.5. The van der Waals surface area contributed by atoms with Gasteiger partial charge < -0.3 is 10.1 Å². The Balaban J connectivity index is 1.79. The Morgan fingerprint density at radius 1 is 1.24 bits per heavy atom. The fourth-order valence-electron chi connectivity index (χ4n) is 3.17. The first-order valence-corrected chi connectivity index (χ1v) is 6.84. The minimum atomic E-state index is 0.286. The van der Waals surface area contributed by atoms with Crippen molar-refractivity contribution in [2.24, 2.45) is 0 Å². The van der Waals surface area contributed by atoms with E-state index in [1.165, 1.54) is 39.1 Å². The van der Waals surface area contributed by atoms with Gasteiger partial charge in [-0.05, 0) is 26.8 Å². The molecule has 2 heterocycles. The zero-order chi connectivity index (χ0) is 12.3. The molecule has 1 unspecified atom stereocenters. The van der Waals surface area contributed by atoms with Gasteiger partial charge >= 0.3 is 0 Å². The molecule has 0 spiro atoms. The SMILES string of the molecule is COCCN1CCN(C2CCNC2(C)C)CC1. The Morgan fingerprint density at radius 3 is 2.47 bits per heavy atom. The monoisotopic (exact) mass is 241 g/mol. The number of hydrogen-bond donors (Lipinski definition) is 1. The third-order valence-corrected chi connectivity index (χ3v) is 4.29. The second kappa shape index (κ2) is 5.65. The molecule has 2 aliphatic rings. The summed E-state index contributed by atoms with van der Waals surface area (Å²) in [5.74, 6) is 0. The van der Waals surface area contributed by atoms with Gasteiger partial charge in [-0.25, -0.2) is 0 Å². The summed E-state index contributed by atoms with van der Waals surface area (Å²) in [4.78, 5) is 5.18. The average Bonchev–Trinajstić information content (AvgIpc) is 2.67. The topological polar surface area (TPSA) is 27.7 Å². The minimum absolute atomic E-state index is 0.286. The van der Waals surface area contributed by atoms with Gasteiger partial charge in [0.2, 0.25) is 0 Å². The van der Waals surface area contributed by atoms with Crippen LogP contribution in [0.25, 0.3) is 0 Å². The predicted molar refractivity (Wildman–Crippen MR) is 70.4 cm³/mol. The molecule has 4 heteroatoms. The zero-order valence-electron chi connectivity index (χ0n) is 11.5. The van der Waals surface area contributed by atoms with Gasteiger partial charge in [0, 0.05) is 51.4 Å². The van der Waals surface area contributed by atoms with Crippen molar-refractivity contribution in [2.75, 3.05) is 53.0 Å². The first-order chi connectivity index (χ1) is 8.13. The van der Waals surface area contributed by atoms with Gasteiger partial charge in [-0.15, -0.1) is 0 Å². The summed E-state index contributed by atoms with van der Waals surface area (Å²) in [7, 11) is 1.78. The van der Waals surface area contributed by atoms with Crippen LogP contribution < -0.4 is 5.32 Å². The van der Waals surface area contributed by atoms with Gasteiger partial charge in [0.05, 0.1) is 6.61 Å². The van der Waals surface area contributed by atoms with Gasteiger partial charge in [-0.3, -0.25) is 9.80 Å². The third kappa shape index (κ3) is 3.19. The molecule has 0 bridgehead atoms. The second-order valence-electron chi connectivity index (χ2n) is 5.82. The fraction of sp³-hybridized carbons (Fsp3) is 1.00. The van der Waals surface area contributed by atoms with Gasteiger partial charge in [0.15, 0.2) is 0 Å². The first kappa shape index (κ1) is 13.3. The van der Waals surface area contributed by atoms with Gasteiger partial charge in [0.1, 0.15) is 0 Å². The molecule has 0 aromatic carbocycles. The molecule has 2 rings (SSSR count). The summed E-state index contributed by atoms with van der Waals surface area (Å²) >= 11 is 0. The van der Waals surface area contributed by atoms with E-state index in [-0.39, 0.29) is 5.54 Å². The van der Waals surface area contributed by atoms with Crippen LogP contribution >= 0.6 is 0 Å². The van der Waals surface area contributed by atoms with E-state index in [9.17, 15) is 0 Å². The van der Waals surface area contributed by atoms with Crippen LogP contribution in [0.15, 0.2) is 0 Å². The van der Waals surface area contributed by atoms with E-state index >= 15 is 0 Å². The number of piperazine rings is 1. The highest BCUT2D eigenvalue weighted by Gasteiger charge is 2.38. The van der Waals surface area contributed by atoms with Crippen LogP contribution in [-0.4, -0.2) is 74.4 Å². The van der Waals surface area contributed by atoms with Gasteiger partial charge in [-0.2, -0.15) is 0 Å². The normalized spacial score (nSPS) is 30.9. The summed E-state index contributed by atoms with van der Waals surface area (Å²) in [6, 6.07) is 0.715. The highest BCUT2D eigenvalue weighted by molar-refractivity contribution is 4.99. The molecular weight excluding hydrogens is 214 g/mol. The summed E-state index contributed by atoms with van der Waals surface area (Å²) in [6.45, 7) is 12.6. The standard InChI is InChI=1S/C13H27N3O/c1-13(2)12(4-5-14-13)16-8-6-15(7-9-16)10-11-17-3/h12,14H,4-11H2,1-3H3. The number of methoxy groups -OCH3 is 1. The predicted octanol–water partition coefficient (Wildman–Crippen LogP) is 0.391. The largest absolute Gasteiger partial charge is 0.383 e. The maximum Gasteiger partial charge on any atom is 0.0589 e. The summed E-state index contributed by atoms with van der Waals surface area (Å²) in [5, 5.41) is 3.61. The first-order valence-electron chi connectivity index (χ1n) is 6.84. The molecule has 0 saturated carbocycles. The van der Waals surface area contributed by atoms with E-state index in [1.807, 2.05) is 0 Å². The van der Waals surface area contributed by atoms with Gasteiger partial charge in [-0.1, -0.05) is 0 Å². The Bertz CT molecular complexity index is 237. The van der Waals surface area contributed by atoms with Crippen LogP contribution in [0.5, 0.6) is 0 Å². The highest BCUT2D eigenvalue weighted by Crippen LogP contribution is 2.25. The second-order valence-corrected chi connectivity index (χ2v) is 5.82.